The van der Waals surface area contributed by atoms with E-state index in [1.807, 2.05) is 24.4 Å². The minimum atomic E-state index is 0.0360. The van der Waals surface area contributed by atoms with E-state index in [4.69, 9.17) is 10.8 Å². The monoisotopic (exact) mass is 298 g/mol. The number of hydrogen-bond acceptors (Lipinski definition) is 3. The zero-order chi connectivity index (χ0) is 15.7. The fourth-order valence-electron chi connectivity index (χ4n) is 3.51. The largest absolute Gasteiger partial charge is 0.330 e. The Labute approximate surface area is 132 Å². The molecule has 2 aromatic rings. The normalized spacial score (nSPS) is 18.3. The lowest BCUT2D eigenvalue weighted by Crippen LogP contribution is -2.20. The second-order valence-corrected chi connectivity index (χ2v) is 7.23. The number of hydrogen-bond donors (Lipinski definition) is 1. The Bertz CT molecular complexity index is 637. The zero-order valence-corrected chi connectivity index (χ0v) is 13.8. The van der Waals surface area contributed by atoms with Crippen molar-refractivity contribution in [3.8, 4) is 5.82 Å². The van der Waals surface area contributed by atoms with Crippen molar-refractivity contribution in [1.82, 2.24) is 14.8 Å². The van der Waals surface area contributed by atoms with Crippen molar-refractivity contribution in [3.63, 3.8) is 0 Å². The number of aromatic nitrogens is 3. The van der Waals surface area contributed by atoms with Crippen LogP contribution < -0.4 is 5.73 Å². The average molecular weight is 298 g/mol. The van der Waals surface area contributed by atoms with Crippen LogP contribution in [0.5, 0.6) is 0 Å². The van der Waals surface area contributed by atoms with Crippen molar-refractivity contribution in [2.75, 3.05) is 6.54 Å². The van der Waals surface area contributed by atoms with Gasteiger partial charge in [-0.25, -0.2) is 9.67 Å². The van der Waals surface area contributed by atoms with Gasteiger partial charge in [-0.15, -0.1) is 0 Å². The maximum Gasteiger partial charge on any atom is 0.153 e. The Kier molecular flexibility index (Phi) is 4.04. The van der Waals surface area contributed by atoms with Gasteiger partial charge in [0.15, 0.2) is 5.82 Å². The third kappa shape index (κ3) is 2.68. The highest BCUT2D eigenvalue weighted by Crippen LogP contribution is 2.40. The molecule has 118 valence electrons. The number of nitrogens with zero attached hydrogens (tertiary/aromatic N) is 3. The molecule has 0 fully saturated rings. The number of pyridine rings is 1. The lowest BCUT2D eigenvalue weighted by Gasteiger charge is -2.26. The van der Waals surface area contributed by atoms with Crippen LogP contribution in [0, 0.1) is 0 Å². The third-order valence-electron chi connectivity index (χ3n) is 4.49. The van der Waals surface area contributed by atoms with Gasteiger partial charge in [-0.3, -0.25) is 0 Å². The molecule has 3 rings (SSSR count). The smallest absolute Gasteiger partial charge is 0.153 e. The molecule has 0 amide bonds. The summed E-state index contributed by atoms with van der Waals surface area (Å²) < 4.78 is 2.07. The van der Waals surface area contributed by atoms with Gasteiger partial charge in [-0.1, -0.05) is 26.8 Å². The Morgan fingerprint density at radius 2 is 2.14 bits per heavy atom. The third-order valence-corrected chi connectivity index (χ3v) is 4.49. The van der Waals surface area contributed by atoms with Gasteiger partial charge >= 0.3 is 0 Å². The summed E-state index contributed by atoms with van der Waals surface area (Å²) in [4.78, 5) is 4.50. The molecule has 1 unspecified atom stereocenters. The quantitative estimate of drug-likeness (QED) is 0.945. The van der Waals surface area contributed by atoms with Crippen LogP contribution in [0.25, 0.3) is 5.82 Å². The number of nitrogens with two attached hydrogens (primary N) is 1. The molecule has 0 aromatic carbocycles. The molecule has 0 spiro atoms. The van der Waals surface area contributed by atoms with E-state index in [0.717, 1.165) is 25.2 Å². The molecule has 1 aliphatic carbocycles. The topological polar surface area (TPSA) is 56.7 Å². The van der Waals surface area contributed by atoms with E-state index in [9.17, 15) is 0 Å². The van der Waals surface area contributed by atoms with Crippen molar-refractivity contribution in [2.24, 2.45) is 5.73 Å². The average Bonchev–Trinajstić information content (AvgIpc) is 2.89. The summed E-state index contributed by atoms with van der Waals surface area (Å²) >= 11 is 0. The highest BCUT2D eigenvalue weighted by atomic mass is 15.3. The molecule has 1 atom stereocenters. The molecule has 2 aromatic heterocycles. The van der Waals surface area contributed by atoms with Gasteiger partial charge in [0.25, 0.3) is 0 Å². The van der Waals surface area contributed by atoms with E-state index in [1.165, 1.54) is 29.8 Å². The summed E-state index contributed by atoms with van der Waals surface area (Å²) in [6.45, 7) is 7.47. The lowest BCUT2D eigenvalue weighted by atomic mass is 9.78. The van der Waals surface area contributed by atoms with E-state index in [0.29, 0.717) is 5.92 Å². The molecule has 1 aliphatic rings. The summed E-state index contributed by atoms with van der Waals surface area (Å²) in [5.74, 6) is 1.46. The molecule has 2 heterocycles. The van der Waals surface area contributed by atoms with Gasteiger partial charge in [0, 0.05) is 22.9 Å². The molecule has 2 N–H and O–H groups in total. The van der Waals surface area contributed by atoms with E-state index in [-0.39, 0.29) is 5.41 Å². The highest BCUT2D eigenvalue weighted by molar-refractivity contribution is 5.40. The van der Waals surface area contributed by atoms with E-state index in [1.54, 1.807) is 0 Å². The minimum absolute atomic E-state index is 0.0360. The maximum atomic E-state index is 5.85. The minimum Gasteiger partial charge on any atom is -0.330 e. The van der Waals surface area contributed by atoms with Crippen LogP contribution in [0.15, 0.2) is 24.4 Å². The van der Waals surface area contributed by atoms with Crippen LogP contribution in [-0.2, 0) is 11.8 Å². The molecule has 4 nitrogen and oxygen atoms in total. The highest BCUT2D eigenvalue weighted by Gasteiger charge is 2.33. The molecule has 22 heavy (non-hydrogen) atoms. The second-order valence-electron chi connectivity index (χ2n) is 7.23. The molecule has 0 saturated carbocycles. The fourth-order valence-corrected chi connectivity index (χ4v) is 3.51. The van der Waals surface area contributed by atoms with Gasteiger partial charge in [0.1, 0.15) is 0 Å². The first-order valence-electron chi connectivity index (χ1n) is 8.26. The number of rotatable bonds is 3. The van der Waals surface area contributed by atoms with Gasteiger partial charge in [0.05, 0.1) is 5.69 Å². The van der Waals surface area contributed by atoms with Gasteiger partial charge in [0.2, 0.25) is 0 Å². The molecule has 0 bridgehead atoms. The Balaban J connectivity index is 2.18. The summed E-state index contributed by atoms with van der Waals surface area (Å²) in [5.41, 5.74) is 9.88. The predicted molar refractivity (Wildman–Crippen MR) is 89.4 cm³/mol. The first kappa shape index (κ1) is 15.2. The standard InChI is InChI=1S/C18H26N4/c1-18(2,3)17-16-13(10-11-19)7-6-8-14(16)22(21-17)15-9-4-5-12-20-15/h4-5,9,12-13H,6-8,10-11,19H2,1-3H3. The van der Waals surface area contributed by atoms with Crippen LogP contribution in [-0.4, -0.2) is 21.3 Å². The summed E-state index contributed by atoms with van der Waals surface area (Å²) in [7, 11) is 0. The summed E-state index contributed by atoms with van der Waals surface area (Å²) in [5, 5.41) is 4.98. The first-order chi connectivity index (χ1) is 10.5. The predicted octanol–water partition coefficient (Wildman–Crippen LogP) is 3.33. The summed E-state index contributed by atoms with van der Waals surface area (Å²) in [6, 6.07) is 6.00. The zero-order valence-electron chi connectivity index (χ0n) is 13.8. The van der Waals surface area contributed by atoms with Crippen LogP contribution in [0.3, 0.4) is 0 Å². The molecular weight excluding hydrogens is 272 g/mol. The second kappa shape index (κ2) is 5.84. The van der Waals surface area contributed by atoms with Crippen molar-refractivity contribution in [1.29, 1.82) is 0 Å². The molecular formula is C18H26N4. The number of fused-ring (bicyclic) bond motifs is 1. The van der Waals surface area contributed by atoms with E-state index < -0.39 is 0 Å². The fraction of sp³-hybridized carbons (Fsp3) is 0.556. The van der Waals surface area contributed by atoms with Gasteiger partial charge < -0.3 is 5.73 Å². The maximum absolute atomic E-state index is 5.85. The van der Waals surface area contributed by atoms with Crippen LogP contribution in [0.1, 0.15) is 62.9 Å². The summed E-state index contributed by atoms with van der Waals surface area (Å²) in [6.07, 6.45) is 6.39. The first-order valence-corrected chi connectivity index (χ1v) is 8.26. The van der Waals surface area contributed by atoms with Crippen molar-refractivity contribution < 1.29 is 0 Å². The molecule has 0 saturated heterocycles. The lowest BCUT2D eigenvalue weighted by molar-refractivity contribution is 0.498. The Morgan fingerprint density at radius 3 is 2.77 bits per heavy atom. The van der Waals surface area contributed by atoms with Crippen LogP contribution in [0.2, 0.25) is 0 Å². The van der Waals surface area contributed by atoms with Crippen molar-refractivity contribution in [2.45, 2.75) is 57.8 Å². The van der Waals surface area contributed by atoms with Gasteiger partial charge in [-0.05, 0) is 50.3 Å². The van der Waals surface area contributed by atoms with Crippen LogP contribution >= 0.6 is 0 Å². The van der Waals surface area contributed by atoms with E-state index >= 15 is 0 Å². The molecule has 4 heteroatoms. The Hall–Kier alpha value is -1.68. The van der Waals surface area contributed by atoms with Gasteiger partial charge in [-0.2, -0.15) is 5.10 Å². The molecule has 0 radical (unpaired) electrons. The van der Waals surface area contributed by atoms with Crippen LogP contribution in [0.4, 0.5) is 0 Å². The van der Waals surface area contributed by atoms with Crippen molar-refractivity contribution >= 4 is 0 Å². The van der Waals surface area contributed by atoms with E-state index in [2.05, 4.69) is 30.4 Å². The van der Waals surface area contributed by atoms with Crippen molar-refractivity contribution in [3.05, 3.63) is 41.3 Å². The molecule has 0 aliphatic heterocycles. The SMILES string of the molecule is CC(C)(C)c1nn(-c2ccccn2)c2c1C(CCN)CCC2. The Morgan fingerprint density at radius 1 is 1.32 bits per heavy atom.